The Labute approximate surface area is 140 Å². The first-order valence-electron chi connectivity index (χ1n) is 7.05. The van der Waals surface area contributed by atoms with E-state index in [0.29, 0.717) is 18.8 Å². The summed E-state index contributed by atoms with van der Waals surface area (Å²) in [6.07, 6.45) is 0. The molecule has 0 bridgehead atoms. The lowest BCUT2D eigenvalue weighted by atomic mass is 10.2. The van der Waals surface area contributed by atoms with Crippen LogP contribution in [0.2, 0.25) is 0 Å². The van der Waals surface area contributed by atoms with Crippen molar-refractivity contribution < 1.29 is 4.74 Å². The Bertz CT molecular complexity index is 818. The average Bonchev–Trinajstić information content (AvgIpc) is 2.75. The summed E-state index contributed by atoms with van der Waals surface area (Å²) in [6, 6.07) is 16.1. The van der Waals surface area contributed by atoms with Crippen molar-refractivity contribution in [2.45, 2.75) is 13.5 Å². The first-order valence-corrected chi connectivity index (χ1v) is 7.05. The van der Waals surface area contributed by atoms with Crippen LogP contribution in [0.5, 0.6) is 5.75 Å². The first kappa shape index (κ1) is 16.4. The number of nitrogens with zero attached hydrogens (tertiary/aromatic N) is 2. The topological polar surface area (TPSA) is 42.9 Å². The number of hydrogen-bond acceptors (Lipinski definition) is 2. The van der Waals surface area contributed by atoms with Crippen LogP contribution in [0.15, 0.2) is 48.5 Å². The van der Waals surface area contributed by atoms with Gasteiger partial charge in [-0.1, -0.05) is 29.8 Å². The monoisotopic (exact) mass is 361 g/mol. The second-order valence-electron chi connectivity index (χ2n) is 5.18. The number of fused-ring (bicyclic) bond motifs is 1. The Hall–Kier alpha value is -2.01. The zero-order valence-corrected chi connectivity index (χ0v) is 14.5. The fraction of sp³-hybridized carbons (Fsp3) is 0.235. The van der Waals surface area contributed by atoms with E-state index in [4.69, 9.17) is 10.1 Å². The first-order chi connectivity index (χ1) is 10.2. The summed E-state index contributed by atoms with van der Waals surface area (Å²) >= 11 is 0. The van der Waals surface area contributed by atoms with Crippen LogP contribution in [0, 0.1) is 12.3 Å². The van der Waals surface area contributed by atoms with Crippen LogP contribution < -0.4 is 10.4 Å². The van der Waals surface area contributed by atoms with Gasteiger partial charge < -0.3 is 13.9 Å². The number of nitrogens with one attached hydrogen (secondary N) is 1. The van der Waals surface area contributed by atoms with E-state index in [1.165, 1.54) is 5.56 Å². The summed E-state index contributed by atoms with van der Waals surface area (Å²) in [4.78, 5) is 0. The number of halogens is 1. The predicted octanol–water partition coefficient (Wildman–Crippen LogP) is 3.42. The largest absolute Gasteiger partial charge is 0.492 e. The highest BCUT2D eigenvalue weighted by Crippen LogP contribution is 2.13. The van der Waals surface area contributed by atoms with E-state index >= 15 is 0 Å². The SMILES string of the molecule is Br.Cc1ccc(OCCn2c(=N)n(C)c3ccccc32)cc1. The Morgan fingerprint density at radius 2 is 1.64 bits per heavy atom. The molecule has 1 heterocycles. The summed E-state index contributed by atoms with van der Waals surface area (Å²) in [5.74, 6) is 0.868. The molecule has 0 aliphatic heterocycles. The van der Waals surface area contributed by atoms with Crippen LogP contribution in [0.3, 0.4) is 0 Å². The highest BCUT2D eigenvalue weighted by atomic mass is 79.9. The number of aromatic nitrogens is 2. The lowest BCUT2D eigenvalue weighted by molar-refractivity contribution is 0.297. The van der Waals surface area contributed by atoms with Crippen LogP contribution in [0.4, 0.5) is 0 Å². The van der Waals surface area contributed by atoms with Gasteiger partial charge in [-0.05, 0) is 31.2 Å². The van der Waals surface area contributed by atoms with Gasteiger partial charge >= 0.3 is 0 Å². The van der Waals surface area contributed by atoms with Gasteiger partial charge in [0.25, 0.3) is 0 Å². The van der Waals surface area contributed by atoms with E-state index in [9.17, 15) is 0 Å². The summed E-state index contributed by atoms with van der Waals surface area (Å²) in [5, 5.41) is 8.21. The molecule has 0 unspecified atom stereocenters. The summed E-state index contributed by atoms with van der Waals surface area (Å²) in [5.41, 5.74) is 3.85. The van der Waals surface area contributed by atoms with E-state index in [-0.39, 0.29) is 17.0 Å². The molecule has 0 saturated heterocycles. The number of rotatable bonds is 4. The van der Waals surface area contributed by atoms with Crippen molar-refractivity contribution in [2.75, 3.05) is 6.61 Å². The fourth-order valence-corrected chi connectivity index (χ4v) is 2.50. The molecule has 2 aromatic carbocycles. The lowest BCUT2D eigenvalue weighted by Gasteiger charge is -2.08. The molecule has 1 N–H and O–H groups in total. The Morgan fingerprint density at radius 3 is 2.32 bits per heavy atom. The number of para-hydroxylation sites is 2. The number of ether oxygens (including phenoxy) is 1. The predicted molar refractivity (Wildman–Crippen MR) is 93.8 cm³/mol. The van der Waals surface area contributed by atoms with E-state index in [1.54, 1.807) is 0 Å². The van der Waals surface area contributed by atoms with Crippen LogP contribution in [-0.4, -0.2) is 15.7 Å². The number of imidazole rings is 1. The highest BCUT2D eigenvalue weighted by molar-refractivity contribution is 8.93. The van der Waals surface area contributed by atoms with Crippen LogP contribution in [0.25, 0.3) is 11.0 Å². The van der Waals surface area contributed by atoms with Crippen LogP contribution in [-0.2, 0) is 13.6 Å². The van der Waals surface area contributed by atoms with Gasteiger partial charge in [0.15, 0.2) is 0 Å². The second-order valence-corrected chi connectivity index (χ2v) is 5.18. The van der Waals surface area contributed by atoms with Gasteiger partial charge in [-0.15, -0.1) is 17.0 Å². The molecule has 3 aromatic rings. The van der Waals surface area contributed by atoms with Crippen molar-refractivity contribution in [3.63, 3.8) is 0 Å². The number of aryl methyl sites for hydroxylation is 2. The molecule has 0 saturated carbocycles. The quantitative estimate of drug-likeness (QED) is 0.759. The van der Waals surface area contributed by atoms with E-state index in [0.717, 1.165) is 16.8 Å². The van der Waals surface area contributed by atoms with Crippen molar-refractivity contribution in [1.82, 2.24) is 9.13 Å². The normalized spacial score (nSPS) is 10.5. The van der Waals surface area contributed by atoms with E-state index in [1.807, 2.05) is 64.7 Å². The van der Waals surface area contributed by atoms with E-state index in [2.05, 4.69) is 6.92 Å². The average molecular weight is 362 g/mol. The third-order valence-corrected chi connectivity index (χ3v) is 3.71. The Morgan fingerprint density at radius 1 is 1.00 bits per heavy atom. The molecule has 0 aliphatic carbocycles. The molecule has 0 radical (unpaired) electrons. The van der Waals surface area contributed by atoms with Gasteiger partial charge in [-0.3, -0.25) is 5.41 Å². The van der Waals surface area contributed by atoms with Gasteiger partial charge in [0, 0.05) is 7.05 Å². The maximum atomic E-state index is 8.21. The maximum Gasteiger partial charge on any atom is 0.202 e. The smallest absolute Gasteiger partial charge is 0.202 e. The molecule has 1 aromatic heterocycles. The number of hydrogen-bond donors (Lipinski definition) is 1. The van der Waals surface area contributed by atoms with Crippen molar-refractivity contribution >= 4 is 28.0 Å². The molecule has 22 heavy (non-hydrogen) atoms. The van der Waals surface area contributed by atoms with Crippen LogP contribution >= 0.6 is 17.0 Å². The third-order valence-electron chi connectivity index (χ3n) is 3.71. The molecule has 5 heteroatoms. The molecular formula is C17H20BrN3O. The highest BCUT2D eigenvalue weighted by Gasteiger charge is 2.07. The Kier molecular flexibility index (Phi) is 5.08. The number of benzene rings is 2. The molecule has 116 valence electrons. The summed E-state index contributed by atoms with van der Waals surface area (Å²) < 4.78 is 9.63. The zero-order valence-electron chi connectivity index (χ0n) is 12.7. The van der Waals surface area contributed by atoms with E-state index < -0.39 is 0 Å². The minimum atomic E-state index is 0. The molecule has 0 spiro atoms. The molecule has 0 amide bonds. The molecule has 4 nitrogen and oxygen atoms in total. The standard InChI is InChI=1S/C17H19N3O.BrH/c1-13-7-9-14(10-8-13)21-12-11-20-16-6-4-3-5-15(16)19(2)17(20)18;/h3-10,18H,11-12H2,1-2H3;1H. The van der Waals surface area contributed by atoms with Crippen LogP contribution in [0.1, 0.15) is 5.56 Å². The minimum absolute atomic E-state index is 0. The third kappa shape index (κ3) is 3.09. The molecular weight excluding hydrogens is 342 g/mol. The van der Waals surface area contributed by atoms with Gasteiger partial charge in [0.2, 0.25) is 5.62 Å². The maximum absolute atomic E-state index is 8.21. The molecule has 3 rings (SSSR count). The summed E-state index contributed by atoms with van der Waals surface area (Å²) in [7, 11) is 1.92. The second kappa shape index (κ2) is 6.83. The Balaban J connectivity index is 0.00000176. The molecule has 0 atom stereocenters. The van der Waals surface area contributed by atoms with Gasteiger partial charge in [0.1, 0.15) is 12.4 Å². The van der Waals surface area contributed by atoms with Crippen molar-refractivity contribution in [3.8, 4) is 5.75 Å². The van der Waals surface area contributed by atoms with Crippen molar-refractivity contribution in [1.29, 1.82) is 5.41 Å². The zero-order chi connectivity index (χ0) is 14.8. The van der Waals surface area contributed by atoms with Crippen molar-refractivity contribution in [3.05, 3.63) is 59.7 Å². The summed E-state index contributed by atoms with van der Waals surface area (Å²) in [6.45, 7) is 3.27. The molecule has 0 fully saturated rings. The lowest BCUT2D eigenvalue weighted by Crippen LogP contribution is -2.24. The minimum Gasteiger partial charge on any atom is -0.492 e. The fourth-order valence-electron chi connectivity index (χ4n) is 2.50. The molecule has 0 aliphatic rings. The van der Waals surface area contributed by atoms with Gasteiger partial charge in [-0.25, -0.2) is 0 Å². The van der Waals surface area contributed by atoms with Gasteiger partial charge in [0.05, 0.1) is 17.6 Å². The van der Waals surface area contributed by atoms with Crippen molar-refractivity contribution in [2.24, 2.45) is 7.05 Å². The van der Waals surface area contributed by atoms with Gasteiger partial charge in [-0.2, -0.15) is 0 Å².